The molecule has 0 bridgehead atoms. The molecule has 1 aromatic carbocycles. The van der Waals surface area contributed by atoms with E-state index in [1.807, 2.05) is 0 Å². The van der Waals surface area contributed by atoms with Gasteiger partial charge in [-0.1, -0.05) is 12.1 Å². The molecule has 1 heterocycles. The van der Waals surface area contributed by atoms with Gasteiger partial charge in [0.25, 0.3) is 0 Å². The fraction of sp³-hybridized carbons (Fsp3) is 0.100. The molecule has 0 saturated heterocycles. The molecule has 90 valence electrons. The first-order valence-corrected chi connectivity index (χ1v) is 5.29. The van der Waals surface area contributed by atoms with Crippen LogP contribution in [0, 0.1) is 0 Å². The van der Waals surface area contributed by atoms with E-state index in [0.29, 0.717) is 0 Å². The van der Waals surface area contributed by atoms with E-state index < -0.39 is 11.7 Å². The largest absolute Gasteiger partial charge is 0.504 e. The lowest BCUT2D eigenvalue weighted by atomic mass is 10.2. The summed E-state index contributed by atoms with van der Waals surface area (Å²) in [7, 11) is 0. The highest BCUT2D eigenvalue weighted by molar-refractivity contribution is 9.10. The van der Waals surface area contributed by atoms with Crippen LogP contribution in [0.4, 0.5) is 13.2 Å². The summed E-state index contributed by atoms with van der Waals surface area (Å²) in [6, 6.07) is 5.00. The Bertz CT molecular complexity index is 551. The molecular formula is C10H6BrF3N2O. The number of para-hydroxylation sites is 1. The Morgan fingerprint density at radius 2 is 1.88 bits per heavy atom. The van der Waals surface area contributed by atoms with Crippen molar-refractivity contribution in [2.24, 2.45) is 0 Å². The molecule has 0 saturated carbocycles. The number of aromatic hydroxyl groups is 1. The van der Waals surface area contributed by atoms with Gasteiger partial charge in [0.05, 0.1) is 17.4 Å². The minimum atomic E-state index is -4.47. The number of hydrogen-bond donors (Lipinski definition) is 1. The lowest BCUT2D eigenvalue weighted by Crippen LogP contribution is -2.11. The van der Waals surface area contributed by atoms with Gasteiger partial charge in [0, 0.05) is 0 Å². The number of hydrogen-bond acceptors (Lipinski definition) is 2. The summed E-state index contributed by atoms with van der Waals surface area (Å²) < 4.78 is 39.3. The predicted molar refractivity (Wildman–Crippen MR) is 57.9 cm³/mol. The van der Waals surface area contributed by atoms with Crippen LogP contribution in [0.25, 0.3) is 5.69 Å². The van der Waals surface area contributed by atoms with Crippen LogP contribution in [-0.4, -0.2) is 14.9 Å². The molecule has 0 aliphatic heterocycles. The van der Waals surface area contributed by atoms with Crippen molar-refractivity contribution < 1.29 is 18.3 Å². The van der Waals surface area contributed by atoms with Gasteiger partial charge in [0.1, 0.15) is 0 Å². The van der Waals surface area contributed by atoms with E-state index in [0.717, 1.165) is 16.9 Å². The Kier molecular flexibility index (Phi) is 2.86. The Morgan fingerprint density at radius 3 is 2.41 bits per heavy atom. The third kappa shape index (κ3) is 2.14. The summed E-state index contributed by atoms with van der Waals surface area (Å²) in [5, 5.41) is 13.0. The first kappa shape index (κ1) is 12.0. The maximum Gasteiger partial charge on any atom is 0.418 e. The second kappa shape index (κ2) is 4.06. The number of nitrogens with zero attached hydrogens (tertiary/aromatic N) is 2. The summed E-state index contributed by atoms with van der Waals surface area (Å²) in [5.41, 5.74) is -0.962. The van der Waals surface area contributed by atoms with Crippen LogP contribution in [0.2, 0.25) is 0 Å². The maximum atomic E-state index is 12.8. The second-order valence-corrected chi connectivity index (χ2v) is 4.00. The zero-order valence-electron chi connectivity index (χ0n) is 8.24. The average molecular weight is 307 g/mol. The van der Waals surface area contributed by atoms with Crippen molar-refractivity contribution in [3.63, 3.8) is 0 Å². The topological polar surface area (TPSA) is 38.1 Å². The van der Waals surface area contributed by atoms with Gasteiger partial charge in [0.15, 0.2) is 10.4 Å². The van der Waals surface area contributed by atoms with Crippen molar-refractivity contribution in [2.75, 3.05) is 0 Å². The van der Waals surface area contributed by atoms with Gasteiger partial charge < -0.3 is 5.11 Å². The average Bonchev–Trinajstić information content (AvgIpc) is 2.59. The molecule has 0 atom stereocenters. The highest BCUT2D eigenvalue weighted by Crippen LogP contribution is 2.35. The van der Waals surface area contributed by atoms with Crippen molar-refractivity contribution in [3.05, 3.63) is 40.6 Å². The van der Waals surface area contributed by atoms with E-state index in [2.05, 4.69) is 21.0 Å². The number of aromatic nitrogens is 2. The molecule has 17 heavy (non-hydrogen) atoms. The summed E-state index contributed by atoms with van der Waals surface area (Å²) in [5.74, 6) is -0.220. The van der Waals surface area contributed by atoms with Gasteiger partial charge in [-0.2, -0.15) is 18.3 Å². The quantitative estimate of drug-likeness (QED) is 0.877. The van der Waals surface area contributed by atoms with E-state index >= 15 is 0 Å². The van der Waals surface area contributed by atoms with E-state index in [1.165, 1.54) is 18.2 Å². The normalized spacial score (nSPS) is 11.8. The number of alkyl halides is 3. The molecular weight excluding hydrogens is 301 g/mol. The van der Waals surface area contributed by atoms with Gasteiger partial charge in [-0.15, -0.1) is 0 Å². The molecule has 2 rings (SSSR count). The van der Waals surface area contributed by atoms with Crippen molar-refractivity contribution in [3.8, 4) is 11.4 Å². The SMILES string of the molecule is Oc1cnn(-c2ccccc2C(F)(F)F)c1Br. The fourth-order valence-corrected chi connectivity index (χ4v) is 1.78. The molecule has 2 aromatic rings. The summed E-state index contributed by atoms with van der Waals surface area (Å²) >= 11 is 2.97. The van der Waals surface area contributed by atoms with Crippen LogP contribution in [0.5, 0.6) is 5.75 Å². The monoisotopic (exact) mass is 306 g/mol. The fourth-order valence-electron chi connectivity index (χ4n) is 1.39. The molecule has 0 aliphatic rings. The molecule has 1 N–H and O–H groups in total. The highest BCUT2D eigenvalue weighted by atomic mass is 79.9. The Morgan fingerprint density at radius 1 is 1.24 bits per heavy atom. The number of benzene rings is 1. The van der Waals surface area contributed by atoms with Crippen molar-refractivity contribution >= 4 is 15.9 Å². The zero-order chi connectivity index (χ0) is 12.6. The smallest absolute Gasteiger partial charge is 0.418 e. The van der Waals surface area contributed by atoms with E-state index in [-0.39, 0.29) is 16.0 Å². The van der Waals surface area contributed by atoms with E-state index in [9.17, 15) is 18.3 Å². The summed E-state index contributed by atoms with van der Waals surface area (Å²) in [6.45, 7) is 0. The third-order valence-electron chi connectivity index (χ3n) is 2.13. The van der Waals surface area contributed by atoms with Gasteiger partial charge >= 0.3 is 6.18 Å². The lowest BCUT2D eigenvalue weighted by molar-refractivity contribution is -0.137. The lowest BCUT2D eigenvalue weighted by Gasteiger charge is -2.12. The third-order valence-corrected chi connectivity index (χ3v) is 2.87. The highest BCUT2D eigenvalue weighted by Gasteiger charge is 2.34. The molecule has 0 radical (unpaired) electrons. The van der Waals surface area contributed by atoms with Crippen LogP contribution in [0.3, 0.4) is 0 Å². The predicted octanol–water partition coefficient (Wildman–Crippen LogP) is 3.36. The molecule has 0 fully saturated rings. The van der Waals surface area contributed by atoms with Crippen molar-refractivity contribution in [2.45, 2.75) is 6.18 Å². The summed E-state index contributed by atoms with van der Waals surface area (Å²) in [6.07, 6.45) is -3.41. The van der Waals surface area contributed by atoms with Gasteiger partial charge in [-0.3, -0.25) is 0 Å². The van der Waals surface area contributed by atoms with Gasteiger partial charge in [-0.25, -0.2) is 4.68 Å². The summed E-state index contributed by atoms with van der Waals surface area (Å²) in [4.78, 5) is 0. The van der Waals surface area contributed by atoms with Gasteiger partial charge in [0.2, 0.25) is 0 Å². The Labute approximate surface area is 103 Å². The molecule has 0 spiro atoms. The van der Waals surface area contributed by atoms with Gasteiger partial charge in [-0.05, 0) is 28.1 Å². The van der Waals surface area contributed by atoms with Crippen LogP contribution >= 0.6 is 15.9 Å². The first-order valence-electron chi connectivity index (χ1n) is 4.50. The second-order valence-electron chi connectivity index (χ2n) is 3.25. The molecule has 0 unspecified atom stereocenters. The molecule has 1 aromatic heterocycles. The maximum absolute atomic E-state index is 12.8. The standard InChI is InChI=1S/C10H6BrF3N2O/c11-9-8(17)5-15-16(9)7-4-2-1-3-6(7)10(12,13)14/h1-5,17H. The minimum absolute atomic E-state index is 0.0780. The van der Waals surface area contributed by atoms with Crippen LogP contribution in [0.1, 0.15) is 5.56 Å². The minimum Gasteiger partial charge on any atom is -0.504 e. The Balaban J connectivity index is 2.64. The molecule has 7 heteroatoms. The molecule has 0 aliphatic carbocycles. The number of rotatable bonds is 1. The van der Waals surface area contributed by atoms with Crippen molar-refractivity contribution in [1.29, 1.82) is 0 Å². The van der Waals surface area contributed by atoms with Crippen LogP contribution < -0.4 is 0 Å². The zero-order valence-corrected chi connectivity index (χ0v) is 9.83. The van der Waals surface area contributed by atoms with Crippen LogP contribution in [0.15, 0.2) is 35.1 Å². The van der Waals surface area contributed by atoms with Crippen molar-refractivity contribution in [1.82, 2.24) is 9.78 Å². The van der Waals surface area contributed by atoms with Crippen LogP contribution in [-0.2, 0) is 6.18 Å². The van der Waals surface area contributed by atoms with E-state index in [1.54, 1.807) is 0 Å². The molecule has 3 nitrogen and oxygen atoms in total. The first-order chi connectivity index (χ1) is 7.91. The van der Waals surface area contributed by atoms with E-state index in [4.69, 9.17) is 0 Å². The molecule has 0 amide bonds. The number of halogens is 4. The Hall–Kier alpha value is -1.50.